The van der Waals surface area contributed by atoms with Crippen molar-refractivity contribution in [1.82, 2.24) is 5.32 Å². The Bertz CT molecular complexity index is 1320. The number of benzene rings is 3. The van der Waals surface area contributed by atoms with Gasteiger partial charge in [-0.05, 0) is 49.0 Å². The summed E-state index contributed by atoms with van der Waals surface area (Å²) >= 11 is 0. The van der Waals surface area contributed by atoms with Crippen molar-refractivity contribution < 1.29 is 19.1 Å². The van der Waals surface area contributed by atoms with Crippen LogP contribution >= 0.6 is 0 Å². The quantitative estimate of drug-likeness (QED) is 0.330. The number of carbonyl (C=O) groups excluding carboxylic acids is 3. The van der Waals surface area contributed by atoms with Crippen molar-refractivity contribution in [3.8, 4) is 0 Å². The van der Waals surface area contributed by atoms with Gasteiger partial charge in [0.2, 0.25) is 5.91 Å². The first-order valence-electron chi connectivity index (χ1n) is 11.5. The first-order chi connectivity index (χ1) is 17.4. The van der Waals surface area contributed by atoms with Gasteiger partial charge in [0.1, 0.15) is 0 Å². The number of esters is 1. The second-order valence-corrected chi connectivity index (χ2v) is 8.30. The van der Waals surface area contributed by atoms with E-state index in [1.54, 1.807) is 30.1 Å². The average molecular weight is 485 g/mol. The van der Waals surface area contributed by atoms with E-state index in [0.717, 1.165) is 16.9 Å². The molecule has 3 N–H and O–H groups in total. The normalized spacial score (nSPS) is 13.5. The van der Waals surface area contributed by atoms with E-state index in [1.165, 1.54) is 7.11 Å². The number of carbonyl (C=O) groups is 3. The van der Waals surface area contributed by atoms with Crippen LogP contribution in [0.2, 0.25) is 0 Å². The Morgan fingerprint density at radius 3 is 2.36 bits per heavy atom. The molecule has 0 aliphatic carbocycles. The number of methoxy groups -OCH3 is 1. The lowest BCUT2D eigenvalue weighted by Crippen LogP contribution is -2.28. The van der Waals surface area contributed by atoms with Gasteiger partial charge in [0.15, 0.2) is 0 Å². The van der Waals surface area contributed by atoms with E-state index in [2.05, 4.69) is 16.0 Å². The van der Waals surface area contributed by atoms with Crippen LogP contribution in [-0.2, 0) is 14.3 Å². The maximum atomic E-state index is 13.1. The zero-order valence-electron chi connectivity index (χ0n) is 20.4. The highest BCUT2D eigenvalue weighted by atomic mass is 16.5. The van der Waals surface area contributed by atoms with Gasteiger partial charge in [-0.1, -0.05) is 36.4 Å². The summed E-state index contributed by atoms with van der Waals surface area (Å²) in [4.78, 5) is 39.0. The second kappa shape index (κ2) is 10.9. The highest BCUT2D eigenvalue weighted by Gasteiger charge is 2.29. The third-order valence-corrected chi connectivity index (χ3v) is 5.98. The van der Waals surface area contributed by atoms with E-state index in [9.17, 15) is 14.4 Å². The van der Waals surface area contributed by atoms with Crippen molar-refractivity contribution in [1.29, 1.82) is 0 Å². The Labute approximate surface area is 210 Å². The lowest BCUT2D eigenvalue weighted by molar-refractivity contribution is -0.118. The first-order valence-corrected chi connectivity index (χ1v) is 11.5. The molecule has 0 saturated heterocycles. The molecule has 1 aliphatic heterocycles. The number of hydrogen-bond donors (Lipinski definition) is 3. The molecule has 8 nitrogen and oxygen atoms in total. The molecule has 8 heteroatoms. The van der Waals surface area contributed by atoms with E-state index in [1.807, 2.05) is 61.6 Å². The van der Waals surface area contributed by atoms with Gasteiger partial charge >= 0.3 is 5.97 Å². The molecule has 0 atom stereocenters. The van der Waals surface area contributed by atoms with Crippen molar-refractivity contribution in [2.45, 2.75) is 6.42 Å². The molecular weight excluding hydrogens is 456 g/mol. The van der Waals surface area contributed by atoms with E-state index < -0.39 is 5.97 Å². The monoisotopic (exact) mass is 484 g/mol. The number of fused-ring (bicyclic) bond motifs is 1. The maximum Gasteiger partial charge on any atom is 0.337 e. The molecule has 3 aromatic carbocycles. The lowest BCUT2D eigenvalue weighted by atomic mass is 9.99. The molecule has 3 aromatic rings. The molecule has 4 rings (SSSR count). The van der Waals surface area contributed by atoms with Gasteiger partial charge in [-0.3, -0.25) is 9.59 Å². The largest absolute Gasteiger partial charge is 0.465 e. The fraction of sp³-hybridized carbons (Fsp3) is 0.179. The van der Waals surface area contributed by atoms with Gasteiger partial charge in [-0.2, -0.15) is 0 Å². The number of rotatable bonds is 8. The maximum absolute atomic E-state index is 13.1. The molecule has 0 fully saturated rings. The zero-order chi connectivity index (χ0) is 25.7. The predicted molar refractivity (Wildman–Crippen MR) is 142 cm³/mol. The van der Waals surface area contributed by atoms with Gasteiger partial charge in [0.25, 0.3) is 5.91 Å². The number of nitrogens with one attached hydrogen (secondary N) is 3. The summed E-state index contributed by atoms with van der Waals surface area (Å²) in [5, 5.41) is 9.24. The van der Waals surface area contributed by atoms with Crippen LogP contribution < -0.4 is 20.9 Å². The van der Waals surface area contributed by atoms with Gasteiger partial charge in [0, 0.05) is 37.0 Å². The fourth-order valence-electron chi connectivity index (χ4n) is 4.01. The Morgan fingerprint density at radius 1 is 0.972 bits per heavy atom. The summed E-state index contributed by atoms with van der Waals surface area (Å²) in [6, 6.07) is 22.0. The molecule has 0 unspecified atom stereocenters. The molecule has 0 aromatic heterocycles. The van der Waals surface area contributed by atoms with Gasteiger partial charge < -0.3 is 25.6 Å². The Morgan fingerprint density at radius 2 is 1.69 bits per heavy atom. The molecule has 36 heavy (non-hydrogen) atoms. The highest BCUT2D eigenvalue weighted by molar-refractivity contribution is 6.37. The number of nitrogens with zero attached hydrogens (tertiary/aromatic N) is 1. The molecule has 0 radical (unpaired) electrons. The van der Waals surface area contributed by atoms with Crippen LogP contribution in [0.3, 0.4) is 0 Å². The molecule has 0 bridgehead atoms. The van der Waals surface area contributed by atoms with Crippen molar-refractivity contribution in [2.75, 3.05) is 43.3 Å². The molecule has 0 saturated carbocycles. The minimum atomic E-state index is -0.472. The van der Waals surface area contributed by atoms with E-state index in [4.69, 9.17) is 4.74 Å². The second-order valence-electron chi connectivity index (χ2n) is 8.30. The molecule has 2 amide bonds. The SMILES string of the molecule is CNCCC(=O)N(C)c1ccc(N/C(=C2\C(=O)Nc3cc(C(=O)OC)ccc32)c2ccccc2)cc1. The molecule has 1 aliphatic rings. The van der Waals surface area contributed by atoms with Crippen LogP contribution in [0.1, 0.15) is 27.9 Å². The van der Waals surface area contributed by atoms with E-state index >= 15 is 0 Å². The minimum Gasteiger partial charge on any atom is -0.465 e. The Hall–Kier alpha value is -4.43. The van der Waals surface area contributed by atoms with Crippen molar-refractivity contribution in [2.24, 2.45) is 0 Å². The van der Waals surface area contributed by atoms with Crippen LogP contribution in [0.25, 0.3) is 11.3 Å². The third kappa shape index (κ3) is 5.13. The number of hydrogen-bond acceptors (Lipinski definition) is 6. The summed E-state index contributed by atoms with van der Waals surface area (Å²) in [5.74, 6) is -0.729. The summed E-state index contributed by atoms with van der Waals surface area (Å²) < 4.78 is 4.80. The summed E-state index contributed by atoms with van der Waals surface area (Å²) in [7, 11) is 4.88. The number of ether oxygens (including phenoxy) is 1. The van der Waals surface area contributed by atoms with Crippen LogP contribution in [0.4, 0.5) is 17.1 Å². The molecule has 0 spiro atoms. The Kier molecular flexibility index (Phi) is 7.46. The van der Waals surface area contributed by atoms with Crippen molar-refractivity contribution in [3.05, 3.63) is 89.5 Å². The highest BCUT2D eigenvalue weighted by Crippen LogP contribution is 2.38. The summed E-state index contributed by atoms with van der Waals surface area (Å²) in [5.41, 5.74) is 5.05. The molecule has 184 valence electrons. The molecular formula is C28H28N4O4. The van der Waals surface area contributed by atoms with Crippen LogP contribution in [0.5, 0.6) is 0 Å². The fourth-order valence-corrected chi connectivity index (χ4v) is 4.01. The summed E-state index contributed by atoms with van der Waals surface area (Å²) in [6.07, 6.45) is 0.406. The minimum absolute atomic E-state index is 0.0164. The van der Waals surface area contributed by atoms with Crippen molar-refractivity contribution in [3.63, 3.8) is 0 Å². The van der Waals surface area contributed by atoms with Crippen LogP contribution in [0.15, 0.2) is 72.8 Å². The topological polar surface area (TPSA) is 99.8 Å². The van der Waals surface area contributed by atoms with Gasteiger partial charge in [-0.25, -0.2) is 4.79 Å². The van der Waals surface area contributed by atoms with Gasteiger partial charge in [0.05, 0.1) is 29.6 Å². The molecule has 1 heterocycles. The summed E-state index contributed by atoms with van der Waals surface area (Å²) in [6.45, 7) is 0.613. The van der Waals surface area contributed by atoms with Gasteiger partial charge in [-0.15, -0.1) is 0 Å². The Balaban J connectivity index is 1.70. The lowest BCUT2D eigenvalue weighted by Gasteiger charge is -2.19. The smallest absolute Gasteiger partial charge is 0.337 e. The number of anilines is 3. The van der Waals surface area contributed by atoms with E-state index in [0.29, 0.717) is 41.1 Å². The van der Waals surface area contributed by atoms with Crippen LogP contribution in [-0.4, -0.2) is 45.5 Å². The first kappa shape index (κ1) is 24.7. The average Bonchev–Trinajstić information content (AvgIpc) is 3.24. The zero-order valence-corrected chi connectivity index (χ0v) is 20.4. The third-order valence-electron chi connectivity index (χ3n) is 5.98. The van der Waals surface area contributed by atoms with Crippen molar-refractivity contribution >= 4 is 46.1 Å². The predicted octanol–water partition coefficient (Wildman–Crippen LogP) is 3.98. The van der Waals surface area contributed by atoms with E-state index in [-0.39, 0.29) is 11.8 Å². The number of amides is 2. The standard InChI is InChI=1S/C28H28N4O4/c1-29-16-15-24(33)32(2)21-12-10-20(11-13-21)30-26(18-7-5-4-6-8-18)25-22-14-9-19(28(35)36-3)17-23(22)31-27(25)34/h4-14,17,29-30H,15-16H2,1-3H3,(H,31,34)/b26-25-. The van der Waals surface area contributed by atoms with Crippen LogP contribution in [0, 0.1) is 0 Å².